The number of aromatic hydroxyl groups is 1. The van der Waals surface area contributed by atoms with Crippen LogP contribution in [-0.4, -0.2) is 30.4 Å². The van der Waals surface area contributed by atoms with Crippen LogP contribution < -0.4 is 4.72 Å². The Balaban J connectivity index is 2.85. The Morgan fingerprint density at radius 3 is 2.35 bits per heavy atom. The van der Waals surface area contributed by atoms with Gasteiger partial charge in [0, 0.05) is 0 Å². The summed E-state index contributed by atoms with van der Waals surface area (Å²) < 4.78 is 26.0. The van der Waals surface area contributed by atoms with Gasteiger partial charge < -0.3 is 10.2 Å². The van der Waals surface area contributed by atoms with Gasteiger partial charge in [0.25, 0.3) is 0 Å². The third-order valence-corrected chi connectivity index (χ3v) is 3.90. The van der Waals surface area contributed by atoms with Crippen molar-refractivity contribution in [1.29, 1.82) is 0 Å². The van der Waals surface area contributed by atoms with Gasteiger partial charge in [-0.1, -0.05) is 20.8 Å². The Labute approximate surface area is 118 Å². The number of carboxylic acid groups (broad SMARTS) is 1. The number of phenolic OH excluding ortho intramolecular Hbond substituents is 1. The molecular formula is C13H19NO5S. The number of carbonyl (C=O) groups is 1. The highest BCUT2D eigenvalue weighted by molar-refractivity contribution is 7.92. The lowest BCUT2D eigenvalue weighted by atomic mass is 9.94. The second-order valence-electron chi connectivity index (χ2n) is 5.77. The van der Waals surface area contributed by atoms with Crippen LogP contribution in [0, 0.1) is 5.41 Å². The quantitative estimate of drug-likeness (QED) is 0.724. The highest BCUT2D eigenvalue weighted by Crippen LogP contribution is 2.26. The Morgan fingerprint density at radius 1 is 1.30 bits per heavy atom. The summed E-state index contributed by atoms with van der Waals surface area (Å²) in [5, 5.41) is 18.4. The van der Waals surface area contributed by atoms with E-state index in [0.717, 1.165) is 6.07 Å². The molecular weight excluding hydrogens is 282 g/mol. The number of sulfonamides is 1. The SMILES string of the molecule is CC(C)(C)CCS(=O)(=O)Nc1ccc(C(=O)O)cc1O. The molecule has 20 heavy (non-hydrogen) atoms. The molecule has 0 bridgehead atoms. The Hall–Kier alpha value is -1.76. The first kappa shape index (κ1) is 16.3. The number of rotatable bonds is 5. The lowest BCUT2D eigenvalue weighted by Crippen LogP contribution is -2.21. The van der Waals surface area contributed by atoms with Crippen LogP contribution in [-0.2, 0) is 10.0 Å². The number of aromatic carboxylic acids is 1. The minimum Gasteiger partial charge on any atom is -0.506 e. The fourth-order valence-electron chi connectivity index (χ4n) is 1.41. The average molecular weight is 301 g/mol. The van der Waals surface area contributed by atoms with E-state index in [0.29, 0.717) is 6.42 Å². The fourth-order valence-corrected chi connectivity index (χ4v) is 2.90. The molecule has 6 nitrogen and oxygen atoms in total. The standard InChI is InChI=1S/C13H19NO5S/c1-13(2,3)6-7-20(18,19)14-10-5-4-9(12(16)17)8-11(10)15/h4-5,8,14-15H,6-7H2,1-3H3,(H,16,17). The van der Waals surface area contributed by atoms with Crippen LogP contribution in [0.5, 0.6) is 5.75 Å². The van der Waals surface area contributed by atoms with Crippen LogP contribution in [0.4, 0.5) is 5.69 Å². The van der Waals surface area contributed by atoms with Crippen molar-refractivity contribution in [3.63, 3.8) is 0 Å². The maximum atomic E-state index is 11.9. The van der Waals surface area contributed by atoms with Gasteiger partial charge in [0.2, 0.25) is 10.0 Å². The second-order valence-corrected chi connectivity index (χ2v) is 7.61. The van der Waals surface area contributed by atoms with Crippen LogP contribution in [0.1, 0.15) is 37.6 Å². The molecule has 7 heteroatoms. The smallest absolute Gasteiger partial charge is 0.335 e. The molecule has 1 aromatic rings. The maximum Gasteiger partial charge on any atom is 0.335 e. The molecule has 0 spiro atoms. The minimum absolute atomic E-state index is 0.0242. The third kappa shape index (κ3) is 5.08. The summed E-state index contributed by atoms with van der Waals surface area (Å²) in [5.74, 6) is -1.68. The Morgan fingerprint density at radius 2 is 1.90 bits per heavy atom. The van der Waals surface area contributed by atoms with E-state index in [-0.39, 0.29) is 22.4 Å². The molecule has 0 aliphatic heterocycles. The molecule has 1 rings (SSSR count). The summed E-state index contributed by atoms with van der Waals surface area (Å²) >= 11 is 0. The number of carboxylic acids is 1. The molecule has 112 valence electrons. The van der Waals surface area contributed by atoms with E-state index < -0.39 is 21.7 Å². The van der Waals surface area contributed by atoms with Crippen molar-refractivity contribution >= 4 is 21.7 Å². The predicted octanol–water partition coefficient (Wildman–Crippen LogP) is 2.27. The zero-order valence-electron chi connectivity index (χ0n) is 11.7. The summed E-state index contributed by atoms with van der Waals surface area (Å²) in [6.45, 7) is 5.80. The molecule has 0 amide bonds. The summed E-state index contributed by atoms with van der Waals surface area (Å²) in [4.78, 5) is 10.7. The third-order valence-electron chi connectivity index (χ3n) is 2.63. The zero-order chi connectivity index (χ0) is 15.6. The van der Waals surface area contributed by atoms with Crippen molar-refractivity contribution in [2.45, 2.75) is 27.2 Å². The molecule has 0 aliphatic rings. The van der Waals surface area contributed by atoms with Crippen molar-refractivity contribution in [3.8, 4) is 5.75 Å². The monoisotopic (exact) mass is 301 g/mol. The molecule has 0 fully saturated rings. The van der Waals surface area contributed by atoms with Crippen LogP contribution >= 0.6 is 0 Å². The lowest BCUT2D eigenvalue weighted by Gasteiger charge is -2.18. The minimum atomic E-state index is -3.58. The van der Waals surface area contributed by atoms with Gasteiger partial charge in [-0.25, -0.2) is 13.2 Å². The molecule has 0 aromatic heterocycles. The molecule has 0 atom stereocenters. The highest BCUT2D eigenvalue weighted by atomic mass is 32.2. The van der Waals surface area contributed by atoms with Gasteiger partial charge in [0.05, 0.1) is 17.0 Å². The van der Waals surface area contributed by atoms with E-state index in [9.17, 15) is 18.3 Å². The maximum absolute atomic E-state index is 11.9. The first-order valence-corrected chi connectivity index (χ1v) is 7.72. The zero-order valence-corrected chi connectivity index (χ0v) is 12.5. The van der Waals surface area contributed by atoms with Crippen LogP contribution in [0.2, 0.25) is 0 Å². The number of benzene rings is 1. The van der Waals surface area contributed by atoms with Gasteiger partial charge in [-0.3, -0.25) is 4.72 Å². The second kappa shape index (κ2) is 5.70. The molecule has 3 N–H and O–H groups in total. The number of hydrogen-bond acceptors (Lipinski definition) is 4. The lowest BCUT2D eigenvalue weighted by molar-refractivity contribution is 0.0696. The van der Waals surface area contributed by atoms with Crippen molar-refractivity contribution in [2.24, 2.45) is 5.41 Å². The van der Waals surface area contributed by atoms with Crippen LogP contribution in [0.15, 0.2) is 18.2 Å². The number of phenols is 1. The van der Waals surface area contributed by atoms with Gasteiger partial charge >= 0.3 is 5.97 Å². The molecule has 0 radical (unpaired) electrons. The average Bonchev–Trinajstić information content (AvgIpc) is 2.28. The van der Waals surface area contributed by atoms with Crippen molar-refractivity contribution in [3.05, 3.63) is 23.8 Å². The predicted molar refractivity (Wildman–Crippen MR) is 76.5 cm³/mol. The molecule has 1 aromatic carbocycles. The number of nitrogens with one attached hydrogen (secondary N) is 1. The van der Waals surface area contributed by atoms with Crippen molar-refractivity contribution in [2.75, 3.05) is 10.5 Å². The summed E-state index contributed by atoms with van der Waals surface area (Å²) in [6.07, 6.45) is 0.469. The van der Waals surface area contributed by atoms with Crippen molar-refractivity contribution in [1.82, 2.24) is 0 Å². The Kier molecular flexibility index (Phi) is 4.65. The van der Waals surface area contributed by atoms with E-state index in [4.69, 9.17) is 5.11 Å². The van der Waals surface area contributed by atoms with E-state index in [1.165, 1.54) is 12.1 Å². The van der Waals surface area contributed by atoms with Gasteiger partial charge in [-0.15, -0.1) is 0 Å². The molecule has 0 saturated carbocycles. The summed E-state index contributed by atoms with van der Waals surface area (Å²) in [6, 6.07) is 3.46. The van der Waals surface area contributed by atoms with Crippen molar-refractivity contribution < 1.29 is 23.4 Å². The van der Waals surface area contributed by atoms with Gasteiger partial charge in [-0.05, 0) is 30.0 Å². The summed E-state index contributed by atoms with van der Waals surface area (Å²) in [7, 11) is -3.58. The molecule has 0 unspecified atom stereocenters. The number of anilines is 1. The molecule has 0 aliphatic carbocycles. The summed E-state index contributed by atoms with van der Waals surface area (Å²) in [5.41, 5.74) is -0.256. The van der Waals surface area contributed by atoms with E-state index in [2.05, 4.69) is 4.72 Å². The van der Waals surface area contributed by atoms with Gasteiger partial charge in [0.1, 0.15) is 5.75 Å². The molecule has 0 saturated heterocycles. The largest absolute Gasteiger partial charge is 0.506 e. The first-order valence-electron chi connectivity index (χ1n) is 6.07. The topological polar surface area (TPSA) is 104 Å². The van der Waals surface area contributed by atoms with Gasteiger partial charge in [-0.2, -0.15) is 0 Å². The van der Waals surface area contributed by atoms with E-state index in [1.807, 2.05) is 20.8 Å². The van der Waals surface area contributed by atoms with E-state index in [1.54, 1.807) is 0 Å². The van der Waals surface area contributed by atoms with Crippen LogP contribution in [0.25, 0.3) is 0 Å². The van der Waals surface area contributed by atoms with E-state index >= 15 is 0 Å². The van der Waals surface area contributed by atoms with Gasteiger partial charge in [0.15, 0.2) is 0 Å². The fraction of sp³-hybridized carbons (Fsp3) is 0.462. The van der Waals surface area contributed by atoms with Crippen LogP contribution in [0.3, 0.4) is 0 Å². The molecule has 0 heterocycles. The Bertz CT molecular complexity index is 602. The highest BCUT2D eigenvalue weighted by Gasteiger charge is 2.19. The normalized spacial score (nSPS) is 12.2. The first-order chi connectivity index (χ1) is 9.00. The number of hydrogen-bond donors (Lipinski definition) is 3.